The van der Waals surface area contributed by atoms with E-state index in [1.807, 2.05) is 17.0 Å². The van der Waals surface area contributed by atoms with Crippen LogP contribution in [0.25, 0.3) is 11.1 Å². The summed E-state index contributed by atoms with van der Waals surface area (Å²) in [7, 11) is 0. The molecule has 26 heavy (non-hydrogen) atoms. The number of benzene rings is 1. The van der Waals surface area contributed by atoms with E-state index in [-0.39, 0.29) is 17.7 Å². The number of carbonyl (C=O) groups excluding carboxylic acids is 1. The number of likely N-dealkylation sites (tertiary alicyclic amines) is 1. The van der Waals surface area contributed by atoms with Crippen molar-refractivity contribution in [3.05, 3.63) is 29.1 Å². The number of piperidine rings is 1. The summed E-state index contributed by atoms with van der Waals surface area (Å²) in [6, 6.07) is 5.05. The molecule has 7 heteroatoms. The first-order chi connectivity index (χ1) is 12.6. The summed E-state index contributed by atoms with van der Waals surface area (Å²) in [6.45, 7) is 2.80. The Morgan fingerprint density at radius 1 is 1.23 bits per heavy atom. The van der Waals surface area contributed by atoms with E-state index < -0.39 is 6.04 Å². The highest BCUT2D eigenvalue weighted by molar-refractivity contribution is 6.31. The Hall–Kier alpha value is -1.63. The van der Waals surface area contributed by atoms with Crippen molar-refractivity contribution in [1.29, 1.82) is 0 Å². The van der Waals surface area contributed by atoms with E-state index >= 15 is 0 Å². The first-order valence-corrected chi connectivity index (χ1v) is 9.67. The molecule has 3 heterocycles. The molecule has 0 aliphatic carbocycles. The Bertz CT molecular complexity index is 779. The van der Waals surface area contributed by atoms with Gasteiger partial charge in [0.25, 0.3) is 0 Å². The number of nitrogens with two attached hydrogens (primary N) is 1. The van der Waals surface area contributed by atoms with Crippen LogP contribution in [0.1, 0.15) is 37.5 Å². The third-order valence-electron chi connectivity index (χ3n) is 5.58. The topological polar surface area (TPSA) is 81.6 Å². The number of halogens is 1. The fourth-order valence-corrected chi connectivity index (χ4v) is 4.09. The van der Waals surface area contributed by atoms with Crippen LogP contribution in [-0.4, -0.2) is 48.1 Å². The number of rotatable bonds is 3. The summed E-state index contributed by atoms with van der Waals surface area (Å²) in [4.78, 5) is 19.2. The Morgan fingerprint density at radius 3 is 2.69 bits per heavy atom. The molecule has 2 N–H and O–H groups in total. The average molecular weight is 378 g/mol. The Morgan fingerprint density at radius 2 is 1.96 bits per heavy atom. The minimum atomic E-state index is -0.415. The fraction of sp³-hybridized carbons (Fsp3) is 0.579. The van der Waals surface area contributed by atoms with Crippen molar-refractivity contribution < 1.29 is 13.9 Å². The third-order valence-corrected chi connectivity index (χ3v) is 5.82. The van der Waals surface area contributed by atoms with E-state index in [2.05, 4.69) is 4.98 Å². The van der Waals surface area contributed by atoms with E-state index in [4.69, 9.17) is 26.5 Å². The van der Waals surface area contributed by atoms with Crippen LogP contribution >= 0.6 is 11.6 Å². The zero-order valence-electron chi connectivity index (χ0n) is 14.7. The van der Waals surface area contributed by atoms with Gasteiger partial charge in [-0.25, -0.2) is 4.98 Å². The lowest BCUT2D eigenvalue weighted by atomic mass is 9.90. The Balaban J connectivity index is 1.37. The molecule has 140 valence electrons. The normalized spacial score (nSPS) is 21.2. The van der Waals surface area contributed by atoms with Crippen LogP contribution < -0.4 is 5.73 Å². The monoisotopic (exact) mass is 377 g/mol. The van der Waals surface area contributed by atoms with Gasteiger partial charge >= 0.3 is 0 Å². The second kappa shape index (κ2) is 7.55. The summed E-state index contributed by atoms with van der Waals surface area (Å²) in [5, 5.41) is 0.653. The molecular weight excluding hydrogens is 354 g/mol. The lowest BCUT2D eigenvalue weighted by molar-refractivity contribution is -0.135. The van der Waals surface area contributed by atoms with Crippen molar-refractivity contribution >= 4 is 28.6 Å². The number of oxazole rings is 1. The van der Waals surface area contributed by atoms with E-state index in [1.54, 1.807) is 6.07 Å². The molecule has 1 aromatic carbocycles. The number of ether oxygens (including phenoxy) is 1. The molecule has 2 saturated heterocycles. The highest BCUT2D eigenvalue weighted by Gasteiger charge is 2.33. The second-order valence-electron chi connectivity index (χ2n) is 7.24. The molecular formula is C19H24ClN3O3. The third kappa shape index (κ3) is 3.59. The molecule has 0 radical (unpaired) electrons. The van der Waals surface area contributed by atoms with Crippen molar-refractivity contribution in [2.75, 3.05) is 26.3 Å². The second-order valence-corrected chi connectivity index (χ2v) is 7.68. The van der Waals surface area contributed by atoms with E-state index in [0.717, 1.165) is 42.7 Å². The lowest BCUT2D eigenvalue weighted by Crippen LogP contribution is -2.51. The molecule has 0 spiro atoms. The smallest absolute Gasteiger partial charge is 0.239 e. The Kier molecular flexibility index (Phi) is 5.16. The molecule has 2 fully saturated rings. The van der Waals surface area contributed by atoms with Crippen LogP contribution in [-0.2, 0) is 9.53 Å². The first-order valence-electron chi connectivity index (χ1n) is 9.30. The van der Waals surface area contributed by atoms with Crippen molar-refractivity contribution in [2.45, 2.75) is 37.6 Å². The summed E-state index contributed by atoms with van der Waals surface area (Å²) >= 11 is 6.02. The summed E-state index contributed by atoms with van der Waals surface area (Å²) in [6.07, 6.45) is 3.42. The van der Waals surface area contributed by atoms with Gasteiger partial charge in [-0.2, -0.15) is 0 Å². The zero-order valence-corrected chi connectivity index (χ0v) is 15.5. The van der Waals surface area contributed by atoms with Gasteiger partial charge in [0, 0.05) is 37.2 Å². The number of fused-ring (bicyclic) bond motifs is 1. The van der Waals surface area contributed by atoms with E-state index in [9.17, 15) is 4.79 Å². The van der Waals surface area contributed by atoms with Gasteiger partial charge in [-0.05, 0) is 49.8 Å². The summed E-state index contributed by atoms with van der Waals surface area (Å²) < 4.78 is 11.3. The molecule has 0 bridgehead atoms. The van der Waals surface area contributed by atoms with Crippen LogP contribution in [0.4, 0.5) is 0 Å². The van der Waals surface area contributed by atoms with Gasteiger partial charge in [0.1, 0.15) is 5.52 Å². The van der Waals surface area contributed by atoms with Crippen molar-refractivity contribution in [3.63, 3.8) is 0 Å². The highest BCUT2D eigenvalue weighted by Crippen LogP contribution is 2.31. The number of hydrogen-bond donors (Lipinski definition) is 1. The fourth-order valence-electron chi connectivity index (χ4n) is 3.93. The van der Waals surface area contributed by atoms with Gasteiger partial charge in [0.05, 0.1) is 6.04 Å². The molecule has 2 aliphatic heterocycles. The maximum Gasteiger partial charge on any atom is 0.239 e. The van der Waals surface area contributed by atoms with E-state index in [1.165, 1.54) is 0 Å². The molecule has 1 atom stereocenters. The molecule has 6 nitrogen and oxygen atoms in total. The van der Waals surface area contributed by atoms with Gasteiger partial charge in [0.2, 0.25) is 5.91 Å². The number of hydrogen-bond acceptors (Lipinski definition) is 5. The molecule has 1 unspecified atom stereocenters. The number of nitrogens with zero attached hydrogens (tertiary/aromatic N) is 2. The minimum Gasteiger partial charge on any atom is -0.440 e. The molecule has 2 aliphatic rings. The van der Waals surface area contributed by atoms with Crippen LogP contribution in [0.2, 0.25) is 5.02 Å². The summed E-state index contributed by atoms with van der Waals surface area (Å²) in [5.74, 6) is 1.27. The van der Waals surface area contributed by atoms with Crippen molar-refractivity contribution in [3.8, 4) is 0 Å². The van der Waals surface area contributed by atoms with Crippen molar-refractivity contribution in [2.24, 2.45) is 11.7 Å². The molecule has 1 aromatic heterocycles. The standard InChI is InChI=1S/C19H24ClN3O3/c20-14-1-2-16-15(11-14)22-18(26-16)13-3-7-23(8-4-13)19(24)17(21)12-5-9-25-10-6-12/h1-2,11-13,17H,3-10,21H2. The predicted molar refractivity (Wildman–Crippen MR) is 99.1 cm³/mol. The Labute approximate surface area is 157 Å². The minimum absolute atomic E-state index is 0.0692. The van der Waals surface area contributed by atoms with Gasteiger partial charge < -0.3 is 19.8 Å². The summed E-state index contributed by atoms with van der Waals surface area (Å²) in [5.41, 5.74) is 7.78. The van der Waals surface area contributed by atoms with Crippen LogP contribution in [0.3, 0.4) is 0 Å². The highest BCUT2D eigenvalue weighted by atomic mass is 35.5. The van der Waals surface area contributed by atoms with Crippen LogP contribution in [0.15, 0.2) is 22.6 Å². The maximum absolute atomic E-state index is 12.7. The molecule has 1 amide bonds. The van der Waals surface area contributed by atoms with Crippen molar-refractivity contribution in [1.82, 2.24) is 9.88 Å². The van der Waals surface area contributed by atoms with Crippen LogP contribution in [0.5, 0.6) is 0 Å². The van der Waals surface area contributed by atoms with E-state index in [0.29, 0.717) is 31.3 Å². The zero-order chi connectivity index (χ0) is 18.1. The maximum atomic E-state index is 12.7. The first kappa shape index (κ1) is 17.8. The van der Waals surface area contributed by atoms with Gasteiger partial charge in [-0.15, -0.1) is 0 Å². The molecule has 2 aromatic rings. The van der Waals surface area contributed by atoms with Gasteiger partial charge in [-0.3, -0.25) is 4.79 Å². The average Bonchev–Trinajstić information content (AvgIpc) is 3.11. The number of carbonyl (C=O) groups is 1. The van der Waals surface area contributed by atoms with Gasteiger partial charge in [0.15, 0.2) is 11.5 Å². The number of amides is 1. The lowest BCUT2D eigenvalue weighted by Gasteiger charge is -2.35. The molecule has 0 saturated carbocycles. The number of aromatic nitrogens is 1. The largest absolute Gasteiger partial charge is 0.440 e. The SMILES string of the molecule is NC(C(=O)N1CCC(c2nc3cc(Cl)ccc3o2)CC1)C1CCOCC1. The predicted octanol–water partition coefficient (Wildman–Crippen LogP) is 2.94. The van der Waals surface area contributed by atoms with Gasteiger partial charge in [-0.1, -0.05) is 11.6 Å². The quantitative estimate of drug-likeness (QED) is 0.889. The van der Waals surface area contributed by atoms with Crippen LogP contribution in [0, 0.1) is 5.92 Å². The molecule has 4 rings (SSSR count).